The molecule has 12 heteroatoms. The van der Waals surface area contributed by atoms with Gasteiger partial charge in [0, 0.05) is 24.2 Å². The van der Waals surface area contributed by atoms with Crippen molar-refractivity contribution < 1.29 is 35.9 Å². The number of fused-ring (bicyclic) bond motifs is 1. The van der Waals surface area contributed by atoms with Gasteiger partial charge < -0.3 is 15.5 Å². The zero-order chi connectivity index (χ0) is 27.0. The van der Waals surface area contributed by atoms with E-state index in [9.17, 15) is 35.9 Å². The summed E-state index contributed by atoms with van der Waals surface area (Å²) >= 11 is 0. The molecule has 0 bridgehead atoms. The molecule has 1 fully saturated rings. The van der Waals surface area contributed by atoms with E-state index < -0.39 is 47.3 Å². The Morgan fingerprint density at radius 2 is 1.54 bits per heavy atom. The van der Waals surface area contributed by atoms with Crippen LogP contribution in [0, 0.1) is 5.92 Å². The molecule has 2 aromatic carbocycles. The number of hydrogen-bond acceptors (Lipinski definition) is 3. The molecular weight excluding hydrogens is 502 g/mol. The average Bonchev–Trinajstić information content (AvgIpc) is 2.94. The summed E-state index contributed by atoms with van der Waals surface area (Å²) in [4.78, 5) is 31.8. The van der Waals surface area contributed by atoms with Crippen molar-refractivity contribution in [2.75, 3.05) is 17.3 Å². The smallest absolute Gasteiger partial charge is 0.311 e. The molecule has 0 aromatic heterocycles. The van der Waals surface area contributed by atoms with Gasteiger partial charge in [0.15, 0.2) is 0 Å². The molecule has 1 saturated carbocycles. The molecule has 37 heavy (non-hydrogen) atoms. The van der Waals surface area contributed by atoms with E-state index in [-0.39, 0.29) is 12.0 Å². The van der Waals surface area contributed by atoms with Crippen LogP contribution in [-0.2, 0) is 17.1 Å². The number of rotatable bonds is 3. The van der Waals surface area contributed by atoms with Crippen LogP contribution in [0.1, 0.15) is 48.8 Å². The minimum atomic E-state index is -5.07. The van der Waals surface area contributed by atoms with Crippen molar-refractivity contribution in [3.05, 3.63) is 59.2 Å². The molecular formula is C25H24F6N4O2. The number of benzene rings is 2. The Hall–Kier alpha value is -3.57. The fourth-order valence-electron chi connectivity index (χ4n) is 4.66. The van der Waals surface area contributed by atoms with Crippen molar-refractivity contribution >= 4 is 29.0 Å². The fourth-order valence-corrected chi connectivity index (χ4v) is 4.66. The summed E-state index contributed by atoms with van der Waals surface area (Å²) in [5, 5.41) is 4.31. The van der Waals surface area contributed by atoms with Crippen molar-refractivity contribution in [1.82, 2.24) is 5.32 Å². The fraction of sp³-hybridized carbons (Fsp3) is 0.400. The van der Waals surface area contributed by atoms with Crippen molar-refractivity contribution in [2.24, 2.45) is 10.9 Å². The Bertz CT molecular complexity index is 1190. The molecule has 1 unspecified atom stereocenters. The molecule has 4 rings (SSSR count). The second-order valence-corrected chi connectivity index (χ2v) is 9.06. The normalized spacial score (nSPS) is 19.1. The molecule has 3 amide bonds. The number of likely N-dealkylation sites (N-methyl/N-ethyl adjacent to an activating group) is 1. The summed E-state index contributed by atoms with van der Waals surface area (Å²) in [6.45, 7) is 0. The number of anilines is 2. The summed E-state index contributed by atoms with van der Waals surface area (Å²) in [5.41, 5.74) is -1.91. The maximum Gasteiger partial charge on any atom is 0.416 e. The van der Waals surface area contributed by atoms with E-state index in [1.165, 1.54) is 11.9 Å². The largest absolute Gasteiger partial charge is 0.416 e. The number of alkyl halides is 6. The van der Waals surface area contributed by atoms with E-state index in [1.807, 2.05) is 17.4 Å². The third kappa shape index (κ3) is 5.89. The lowest BCUT2D eigenvalue weighted by atomic mass is 9.83. The molecule has 0 saturated heterocycles. The molecule has 0 radical (unpaired) electrons. The Balaban J connectivity index is 1.64. The summed E-state index contributed by atoms with van der Waals surface area (Å²) in [6.07, 6.45) is -6.86. The van der Waals surface area contributed by atoms with Crippen LogP contribution in [0.2, 0.25) is 0 Å². The van der Waals surface area contributed by atoms with Gasteiger partial charge in [-0.25, -0.2) is 4.79 Å². The molecule has 2 aliphatic rings. The topological polar surface area (TPSA) is 73.8 Å². The van der Waals surface area contributed by atoms with E-state index in [0.717, 1.165) is 37.7 Å². The average molecular weight is 526 g/mol. The first-order valence-corrected chi connectivity index (χ1v) is 11.7. The predicted octanol–water partition coefficient (Wildman–Crippen LogP) is 6.22. The zero-order valence-corrected chi connectivity index (χ0v) is 19.7. The standard InChI is InChI=1S/C25H24F6N4O2/c1-35-19-10-6-5-9-18(19)20(14-7-3-2-4-8-14)33-21(22(35)36)34-23(37)32-17-12-15(24(26,27)28)11-16(13-17)25(29,30)31/h5-6,9-14,21H,2-4,7-8H2,1H3,(H2,32,34,37). The van der Waals surface area contributed by atoms with E-state index in [0.29, 0.717) is 23.5 Å². The van der Waals surface area contributed by atoms with Gasteiger partial charge in [0.05, 0.1) is 22.5 Å². The molecule has 1 heterocycles. The van der Waals surface area contributed by atoms with Gasteiger partial charge >= 0.3 is 18.4 Å². The predicted molar refractivity (Wildman–Crippen MR) is 125 cm³/mol. The second-order valence-electron chi connectivity index (χ2n) is 9.06. The lowest BCUT2D eigenvalue weighted by molar-refractivity contribution is -0.143. The van der Waals surface area contributed by atoms with Crippen LogP contribution in [0.5, 0.6) is 0 Å². The first-order chi connectivity index (χ1) is 17.3. The number of benzodiazepines with no additional fused rings is 1. The zero-order valence-electron chi connectivity index (χ0n) is 19.7. The van der Waals surface area contributed by atoms with Crippen molar-refractivity contribution in [2.45, 2.75) is 50.6 Å². The first-order valence-electron chi connectivity index (χ1n) is 11.7. The highest BCUT2D eigenvalue weighted by Crippen LogP contribution is 2.38. The lowest BCUT2D eigenvalue weighted by Crippen LogP contribution is -2.47. The summed E-state index contributed by atoms with van der Waals surface area (Å²) in [6, 6.07) is 6.72. The van der Waals surface area contributed by atoms with Crippen LogP contribution in [0.4, 0.5) is 42.5 Å². The number of para-hydroxylation sites is 1. The maximum atomic E-state index is 13.2. The Morgan fingerprint density at radius 1 is 0.946 bits per heavy atom. The molecule has 2 aromatic rings. The number of amides is 3. The van der Waals surface area contributed by atoms with Crippen LogP contribution in [0.3, 0.4) is 0 Å². The molecule has 198 valence electrons. The van der Waals surface area contributed by atoms with Gasteiger partial charge in [-0.15, -0.1) is 0 Å². The van der Waals surface area contributed by atoms with Crippen LogP contribution in [0.25, 0.3) is 0 Å². The molecule has 1 aliphatic carbocycles. The summed E-state index contributed by atoms with van der Waals surface area (Å²) < 4.78 is 79.0. The van der Waals surface area contributed by atoms with Gasteiger partial charge in [-0.05, 0) is 37.1 Å². The van der Waals surface area contributed by atoms with E-state index >= 15 is 0 Å². The number of carbonyl (C=O) groups is 2. The summed E-state index contributed by atoms with van der Waals surface area (Å²) in [5.74, 6) is -0.562. The minimum absolute atomic E-state index is 0.0369. The lowest BCUT2D eigenvalue weighted by Gasteiger charge is -2.25. The summed E-state index contributed by atoms with van der Waals surface area (Å²) in [7, 11) is 1.51. The van der Waals surface area contributed by atoms with E-state index in [2.05, 4.69) is 10.3 Å². The van der Waals surface area contributed by atoms with Crippen molar-refractivity contribution in [3.8, 4) is 0 Å². The Labute approximate surface area is 208 Å². The van der Waals surface area contributed by atoms with E-state index in [4.69, 9.17) is 0 Å². The molecule has 1 atom stereocenters. The van der Waals surface area contributed by atoms with Crippen LogP contribution < -0.4 is 15.5 Å². The van der Waals surface area contributed by atoms with Gasteiger partial charge in [-0.2, -0.15) is 26.3 Å². The molecule has 6 nitrogen and oxygen atoms in total. The van der Waals surface area contributed by atoms with Crippen molar-refractivity contribution in [1.29, 1.82) is 0 Å². The molecule has 0 spiro atoms. The van der Waals surface area contributed by atoms with Crippen LogP contribution in [0.15, 0.2) is 47.5 Å². The van der Waals surface area contributed by atoms with Gasteiger partial charge in [-0.3, -0.25) is 9.79 Å². The van der Waals surface area contributed by atoms with Crippen LogP contribution in [-0.4, -0.2) is 30.9 Å². The Kier molecular flexibility index (Phi) is 7.20. The highest BCUT2D eigenvalue weighted by atomic mass is 19.4. The second kappa shape index (κ2) is 10.1. The van der Waals surface area contributed by atoms with Gasteiger partial charge in [0.1, 0.15) is 0 Å². The van der Waals surface area contributed by atoms with Gasteiger partial charge in [0.2, 0.25) is 6.17 Å². The number of urea groups is 1. The molecule has 2 N–H and O–H groups in total. The molecule has 1 aliphatic heterocycles. The van der Waals surface area contributed by atoms with Crippen LogP contribution >= 0.6 is 0 Å². The highest BCUT2D eigenvalue weighted by Gasteiger charge is 2.38. The third-order valence-corrected chi connectivity index (χ3v) is 6.48. The number of carbonyl (C=O) groups excluding carboxylic acids is 2. The van der Waals surface area contributed by atoms with E-state index in [1.54, 1.807) is 12.1 Å². The SMILES string of the molecule is CN1C(=O)C(NC(=O)Nc2cc(C(F)(F)F)cc(C(F)(F)F)c2)N=C(C2CCCCC2)c2ccccc21. The number of aliphatic imine (C=N–C) groups is 1. The van der Waals surface area contributed by atoms with Gasteiger partial charge in [-0.1, -0.05) is 37.5 Å². The van der Waals surface area contributed by atoms with Gasteiger partial charge in [0.25, 0.3) is 5.91 Å². The monoisotopic (exact) mass is 526 g/mol. The number of halogens is 6. The van der Waals surface area contributed by atoms with Crippen molar-refractivity contribution in [3.63, 3.8) is 0 Å². The third-order valence-electron chi connectivity index (χ3n) is 6.48. The highest BCUT2D eigenvalue weighted by molar-refractivity contribution is 6.14. The minimum Gasteiger partial charge on any atom is -0.311 e. The number of nitrogens with one attached hydrogen (secondary N) is 2. The number of hydrogen-bond donors (Lipinski definition) is 2. The Morgan fingerprint density at radius 3 is 2.14 bits per heavy atom. The first kappa shape index (κ1) is 26.5. The quantitative estimate of drug-likeness (QED) is 0.467. The number of nitrogens with zero attached hydrogens (tertiary/aromatic N) is 2. The maximum absolute atomic E-state index is 13.2.